The van der Waals surface area contributed by atoms with E-state index >= 15 is 0 Å². The maximum Gasteiger partial charge on any atom is 0.204 e. The molecule has 134 valence electrons. The molecule has 0 saturated heterocycles. The molecule has 2 heterocycles. The van der Waals surface area contributed by atoms with E-state index in [2.05, 4.69) is 46.3 Å². The SMILES string of the molecule is Clc1cccc([C@@H]2C[C@@H](c3ccccc3)Nc3nc4ccccc4n32)c1Cl. The van der Waals surface area contributed by atoms with Crippen molar-refractivity contribution in [1.29, 1.82) is 0 Å². The lowest BCUT2D eigenvalue weighted by Crippen LogP contribution is -2.27. The topological polar surface area (TPSA) is 29.9 Å². The fraction of sp³-hybridized carbons (Fsp3) is 0.136. The van der Waals surface area contributed by atoms with E-state index in [0.717, 1.165) is 29.0 Å². The number of rotatable bonds is 2. The van der Waals surface area contributed by atoms with Crippen molar-refractivity contribution in [3.63, 3.8) is 0 Å². The Labute approximate surface area is 167 Å². The van der Waals surface area contributed by atoms with Crippen molar-refractivity contribution in [3.05, 3.63) is 94.0 Å². The van der Waals surface area contributed by atoms with Crippen LogP contribution in [0.3, 0.4) is 0 Å². The number of nitrogens with one attached hydrogen (secondary N) is 1. The van der Waals surface area contributed by atoms with Crippen LogP contribution in [-0.4, -0.2) is 9.55 Å². The first-order valence-corrected chi connectivity index (χ1v) is 9.70. The second-order valence-electron chi connectivity index (χ2n) is 6.80. The summed E-state index contributed by atoms with van der Waals surface area (Å²) in [7, 11) is 0. The smallest absolute Gasteiger partial charge is 0.204 e. The lowest BCUT2D eigenvalue weighted by Gasteiger charge is -2.34. The molecule has 0 radical (unpaired) electrons. The zero-order valence-corrected chi connectivity index (χ0v) is 16.0. The van der Waals surface area contributed by atoms with E-state index in [4.69, 9.17) is 28.2 Å². The molecule has 1 aromatic heterocycles. The van der Waals surface area contributed by atoms with Gasteiger partial charge in [-0.15, -0.1) is 0 Å². The van der Waals surface area contributed by atoms with Crippen molar-refractivity contribution in [2.45, 2.75) is 18.5 Å². The van der Waals surface area contributed by atoms with Crippen LogP contribution >= 0.6 is 23.2 Å². The van der Waals surface area contributed by atoms with Crippen molar-refractivity contribution in [3.8, 4) is 0 Å². The number of nitrogens with zero attached hydrogens (tertiary/aromatic N) is 2. The lowest BCUT2D eigenvalue weighted by atomic mass is 9.93. The third kappa shape index (κ3) is 2.78. The normalized spacial score (nSPS) is 18.9. The average molecular weight is 394 g/mol. The summed E-state index contributed by atoms with van der Waals surface area (Å²) in [5.41, 5.74) is 4.32. The summed E-state index contributed by atoms with van der Waals surface area (Å²) in [6, 6.07) is 24.7. The Morgan fingerprint density at radius 1 is 0.889 bits per heavy atom. The fourth-order valence-corrected chi connectivity index (χ4v) is 4.39. The molecule has 1 aliphatic heterocycles. The minimum Gasteiger partial charge on any atom is -0.349 e. The van der Waals surface area contributed by atoms with Crippen molar-refractivity contribution < 1.29 is 0 Å². The van der Waals surface area contributed by atoms with Gasteiger partial charge >= 0.3 is 0 Å². The second-order valence-corrected chi connectivity index (χ2v) is 7.58. The van der Waals surface area contributed by atoms with Gasteiger partial charge in [-0.3, -0.25) is 0 Å². The number of hydrogen-bond acceptors (Lipinski definition) is 2. The standard InChI is InChI=1S/C22H17Cl2N3/c23-16-10-6-9-15(21(16)24)20-13-18(14-7-2-1-3-8-14)26-22-25-17-11-4-5-12-19(17)27(20)22/h1-12,18,20H,13H2,(H,25,26)/t18-,20-/m0/s1. The third-order valence-corrected chi connectivity index (χ3v) is 6.05. The molecular weight excluding hydrogens is 377 g/mol. The van der Waals surface area contributed by atoms with Gasteiger partial charge in [0, 0.05) is 0 Å². The highest BCUT2D eigenvalue weighted by molar-refractivity contribution is 6.42. The number of para-hydroxylation sites is 2. The number of hydrogen-bond donors (Lipinski definition) is 1. The summed E-state index contributed by atoms with van der Waals surface area (Å²) in [5, 5.41) is 4.80. The quantitative estimate of drug-likeness (QED) is 0.421. The Balaban J connectivity index is 1.72. The van der Waals surface area contributed by atoms with E-state index in [1.165, 1.54) is 5.56 Å². The van der Waals surface area contributed by atoms with Crippen molar-refractivity contribution >= 4 is 40.2 Å². The van der Waals surface area contributed by atoms with Gasteiger partial charge in [0.25, 0.3) is 0 Å². The molecule has 0 saturated carbocycles. The Hall–Kier alpha value is -2.49. The molecule has 3 nitrogen and oxygen atoms in total. The molecule has 0 amide bonds. The van der Waals surface area contributed by atoms with E-state index in [0.29, 0.717) is 10.0 Å². The Bertz CT molecular complexity index is 1120. The van der Waals surface area contributed by atoms with E-state index < -0.39 is 0 Å². The number of imidazole rings is 1. The minimum absolute atomic E-state index is 0.0463. The Morgan fingerprint density at radius 2 is 1.67 bits per heavy atom. The molecule has 0 fully saturated rings. The summed E-state index contributed by atoms with van der Waals surface area (Å²) in [6.45, 7) is 0. The third-order valence-electron chi connectivity index (χ3n) is 5.21. The summed E-state index contributed by atoms with van der Waals surface area (Å²) in [5.74, 6) is 0.859. The van der Waals surface area contributed by atoms with Crippen LogP contribution in [0.2, 0.25) is 10.0 Å². The minimum atomic E-state index is 0.0463. The molecule has 5 rings (SSSR count). The van der Waals surface area contributed by atoms with Crippen LogP contribution in [0.25, 0.3) is 11.0 Å². The molecule has 0 aliphatic carbocycles. The van der Waals surface area contributed by atoms with Crippen LogP contribution in [-0.2, 0) is 0 Å². The number of benzene rings is 3. The number of fused-ring (bicyclic) bond motifs is 3. The zero-order valence-electron chi connectivity index (χ0n) is 14.4. The number of halogens is 2. The van der Waals surface area contributed by atoms with Crippen LogP contribution in [0.15, 0.2) is 72.8 Å². The van der Waals surface area contributed by atoms with Crippen LogP contribution in [0.1, 0.15) is 29.6 Å². The van der Waals surface area contributed by atoms with Gasteiger partial charge in [-0.1, -0.05) is 77.8 Å². The van der Waals surface area contributed by atoms with Gasteiger partial charge in [-0.05, 0) is 35.7 Å². The average Bonchev–Trinajstić information content (AvgIpc) is 3.09. The number of anilines is 1. The highest BCUT2D eigenvalue weighted by Gasteiger charge is 2.32. The molecule has 4 aromatic rings. The molecule has 2 atom stereocenters. The van der Waals surface area contributed by atoms with Gasteiger partial charge in [-0.25, -0.2) is 4.98 Å². The van der Waals surface area contributed by atoms with E-state index in [-0.39, 0.29) is 12.1 Å². The van der Waals surface area contributed by atoms with Gasteiger partial charge in [-0.2, -0.15) is 0 Å². The second kappa shape index (κ2) is 6.59. The molecule has 1 N–H and O–H groups in total. The largest absolute Gasteiger partial charge is 0.349 e. The van der Waals surface area contributed by atoms with Crippen LogP contribution < -0.4 is 5.32 Å². The Kier molecular flexibility index (Phi) is 4.07. The van der Waals surface area contributed by atoms with Gasteiger partial charge in [0.2, 0.25) is 5.95 Å². The predicted molar refractivity (Wildman–Crippen MR) is 112 cm³/mol. The summed E-state index contributed by atoms with van der Waals surface area (Å²) < 4.78 is 2.24. The van der Waals surface area contributed by atoms with Gasteiger partial charge in [0.1, 0.15) is 0 Å². The van der Waals surface area contributed by atoms with Crippen molar-refractivity contribution in [2.24, 2.45) is 0 Å². The first kappa shape index (κ1) is 16.7. The molecule has 3 aromatic carbocycles. The molecule has 0 unspecified atom stereocenters. The highest BCUT2D eigenvalue weighted by Crippen LogP contribution is 2.43. The predicted octanol–water partition coefficient (Wildman–Crippen LogP) is 6.49. The van der Waals surface area contributed by atoms with Crippen molar-refractivity contribution in [1.82, 2.24) is 9.55 Å². The number of aromatic nitrogens is 2. The molecular formula is C22H17Cl2N3. The first-order valence-electron chi connectivity index (χ1n) is 8.95. The molecule has 27 heavy (non-hydrogen) atoms. The summed E-state index contributed by atoms with van der Waals surface area (Å²) in [6.07, 6.45) is 0.859. The van der Waals surface area contributed by atoms with Crippen LogP contribution in [0.4, 0.5) is 5.95 Å². The summed E-state index contributed by atoms with van der Waals surface area (Å²) in [4.78, 5) is 4.83. The maximum atomic E-state index is 6.62. The van der Waals surface area contributed by atoms with E-state index in [1.807, 2.05) is 36.4 Å². The van der Waals surface area contributed by atoms with Crippen LogP contribution in [0.5, 0.6) is 0 Å². The summed E-state index contributed by atoms with van der Waals surface area (Å²) >= 11 is 13.0. The lowest BCUT2D eigenvalue weighted by molar-refractivity contribution is 0.477. The van der Waals surface area contributed by atoms with Crippen LogP contribution in [0, 0.1) is 0 Å². The molecule has 5 heteroatoms. The molecule has 0 spiro atoms. The van der Waals surface area contributed by atoms with Gasteiger partial charge < -0.3 is 9.88 Å². The monoisotopic (exact) mass is 393 g/mol. The van der Waals surface area contributed by atoms with E-state index in [9.17, 15) is 0 Å². The van der Waals surface area contributed by atoms with Gasteiger partial charge in [0.15, 0.2) is 0 Å². The first-order chi connectivity index (χ1) is 13.2. The molecule has 1 aliphatic rings. The Morgan fingerprint density at radius 3 is 2.52 bits per heavy atom. The maximum absolute atomic E-state index is 6.62. The zero-order chi connectivity index (χ0) is 18.4. The van der Waals surface area contributed by atoms with Crippen molar-refractivity contribution in [2.75, 3.05) is 5.32 Å². The van der Waals surface area contributed by atoms with Gasteiger partial charge in [0.05, 0.1) is 33.2 Å². The van der Waals surface area contributed by atoms with E-state index in [1.54, 1.807) is 0 Å². The fourth-order valence-electron chi connectivity index (χ4n) is 3.95. The highest BCUT2D eigenvalue weighted by atomic mass is 35.5. The molecule has 0 bridgehead atoms.